The quantitative estimate of drug-likeness (QED) is 0.539. The number of para-hydroxylation sites is 1. The van der Waals surface area contributed by atoms with Crippen LogP contribution in [-0.2, 0) is 0 Å². The van der Waals surface area contributed by atoms with Gasteiger partial charge in [-0.3, -0.25) is 0 Å². The Hall–Kier alpha value is -1.63. The topological polar surface area (TPSA) is 12.5 Å². The molecule has 2 aromatic carbocycles. The highest BCUT2D eigenvalue weighted by atomic mass is 31.2. The van der Waals surface area contributed by atoms with Gasteiger partial charge in [-0.25, -0.2) is 4.67 Å². The van der Waals surface area contributed by atoms with Gasteiger partial charge in [0.25, 0.3) is 0 Å². The van der Waals surface area contributed by atoms with Crippen molar-refractivity contribution in [3.05, 3.63) is 61.2 Å². The second kappa shape index (κ2) is 7.09. The van der Waals surface area contributed by atoms with Crippen molar-refractivity contribution < 1.29 is 4.52 Å². The van der Waals surface area contributed by atoms with Gasteiger partial charge in [0, 0.05) is 23.5 Å². The maximum atomic E-state index is 6.57. The van der Waals surface area contributed by atoms with Gasteiger partial charge in [-0.1, -0.05) is 61.7 Å². The molecule has 1 aliphatic carbocycles. The Morgan fingerprint density at radius 2 is 1.71 bits per heavy atom. The average Bonchev–Trinajstić information content (AvgIpc) is 2.66. The van der Waals surface area contributed by atoms with Crippen LogP contribution in [0.3, 0.4) is 0 Å². The third-order valence-corrected chi connectivity index (χ3v) is 7.15. The van der Waals surface area contributed by atoms with Crippen LogP contribution in [0.1, 0.15) is 32.1 Å². The van der Waals surface area contributed by atoms with Crippen LogP contribution in [0.15, 0.2) is 61.2 Å². The van der Waals surface area contributed by atoms with Crippen molar-refractivity contribution >= 4 is 13.6 Å². The van der Waals surface area contributed by atoms with Crippen molar-refractivity contribution in [2.24, 2.45) is 0 Å². The van der Waals surface area contributed by atoms with E-state index in [1.807, 2.05) is 6.08 Å². The van der Waals surface area contributed by atoms with Gasteiger partial charge in [0.05, 0.1) is 0 Å². The number of fused-ring (bicyclic) bond motifs is 3. The minimum Gasteiger partial charge on any atom is -0.453 e. The monoisotopic (exact) mass is 337 g/mol. The molecule has 0 radical (unpaired) electrons. The van der Waals surface area contributed by atoms with Crippen LogP contribution in [0.4, 0.5) is 0 Å². The molecule has 0 N–H and O–H groups in total. The van der Waals surface area contributed by atoms with E-state index in [4.69, 9.17) is 4.52 Å². The molecule has 1 atom stereocenters. The summed E-state index contributed by atoms with van der Waals surface area (Å²) in [5.41, 5.74) is 2.55. The van der Waals surface area contributed by atoms with E-state index in [2.05, 4.69) is 59.8 Å². The van der Waals surface area contributed by atoms with Crippen LogP contribution in [-0.4, -0.2) is 17.3 Å². The summed E-state index contributed by atoms with van der Waals surface area (Å²) in [5, 5.41) is 1.35. The molecule has 4 rings (SSSR count). The van der Waals surface area contributed by atoms with E-state index in [1.54, 1.807) is 0 Å². The zero-order chi connectivity index (χ0) is 16.4. The number of hydrogen-bond acceptors (Lipinski definition) is 2. The van der Waals surface area contributed by atoms with Crippen LogP contribution in [0.5, 0.6) is 5.75 Å². The highest BCUT2D eigenvalue weighted by Crippen LogP contribution is 2.52. The predicted molar refractivity (Wildman–Crippen MR) is 103 cm³/mol. The van der Waals surface area contributed by atoms with Crippen molar-refractivity contribution in [3.8, 4) is 16.9 Å². The Bertz CT molecular complexity index is 723. The van der Waals surface area contributed by atoms with Crippen LogP contribution in [0, 0.1) is 0 Å². The molecule has 1 saturated carbocycles. The molecule has 0 saturated heterocycles. The molecule has 2 nitrogen and oxygen atoms in total. The van der Waals surface area contributed by atoms with E-state index in [0.717, 1.165) is 12.3 Å². The fourth-order valence-electron chi connectivity index (χ4n) is 3.85. The van der Waals surface area contributed by atoms with E-state index >= 15 is 0 Å². The maximum Gasteiger partial charge on any atom is 0.198 e. The molecule has 0 bridgehead atoms. The summed E-state index contributed by atoms with van der Waals surface area (Å²) in [6, 6.07) is 17.8. The van der Waals surface area contributed by atoms with E-state index in [0.29, 0.717) is 6.04 Å². The lowest BCUT2D eigenvalue weighted by Gasteiger charge is -2.40. The molecular formula is C21H24NOP. The minimum absolute atomic E-state index is 0.612. The summed E-state index contributed by atoms with van der Waals surface area (Å²) >= 11 is 0. The summed E-state index contributed by atoms with van der Waals surface area (Å²) in [6.07, 6.45) is 8.62. The van der Waals surface area contributed by atoms with Crippen molar-refractivity contribution in [3.63, 3.8) is 0 Å². The predicted octanol–water partition coefficient (Wildman–Crippen LogP) is 5.50. The van der Waals surface area contributed by atoms with E-state index in [9.17, 15) is 0 Å². The first-order valence-corrected chi connectivity index (χ1v) is 10.1. The molecule has 2 aromatic rings. The Morgan fingerprint density at radius 1 is 1.00 bits per heavy atom. The standard InChI is InChI=1S/C21H24NOP/c1-2-16-22(17-10-4-3-5-11-17)24-21-15-9-7-13-19(21)18-12-6-8-14-20(18)23-24/h2,6-9,12-15,17H,1,3-5,10-11,16H2. The van der Waals surface area contributed by atoms with Gasteiger partial charge in [-0.05, 0) is 30.5 Å². The Kier molecular flexibility index (Phi) is 4.69. The van der Waals surface area contributed by atoms with Gasteiger partial charge < -0.3 is 4.52 Å². The molecular weight excluding hydrogens is 313 g/mol. The first-order valence-electron chi connectivity index (χ1n) is 8.92. The fourth-order valence-corrected chi connectivity index (χ4v) is 6.08. The molecule has 3 heteroatoms. The number of nitrogens with zero attached hydrogens (tertiary/aromatic N) is 1. The molecule has 1 fully saturated rings. The Labute approximate surface area is 146 Å². The lowest BCUT2D eigenvalue weighted by Crippen LogP contribution is -2.38. The van der Waals surface area contributed by atoms with Crippen LogP contribution < -0.4 is 9.83 Å². The Balaban J connectivity index is 1.75. The lowest BCUT2D eigenvalue weighted by atomic mass is 9.95. The molecule has 24 heavy (non-hydrogen) atoms. The van der Waals surface area contributed by atoms with Crippen molar-refractivity contribution in [2.75, 3.05) is 6.54 Å². The first kappa shape index (κ1) is 15.9. The number of rotatable bonds is 4. The SMILES string of the molecule is C=CCN(C1CCCCC1)P1Oc2ccccc2-c2ccccc21. The summed E-state index contributed by atoms with van der Waals surface area (Å²) in [6.45, 7) is 4.90. The van der Waals surface area contributed by atoms with E-state index < -0.39 is 8.30 Å². The third-order valence-electron chi connectivity index (χ3n) is 5.02. The zero-order valence-corrected chi connectivity index (χ0v) is 14.9. The fraction of sp³-hybridized carbons (Fsp3) is 0.333. The summed E-state index contributed by atoms with van der Waals surface area (Å²) in [4.78, 5) is 0. The third kappa shape index (κ3) is 2.90. The highest BCUT2D eigenvalue weighted by molar-refractivity contribution is 7.59. The summed E-state index contributed by atoms with van der Waals surface area (Å²) in [5.74, 6) is 1.02. The normalized spacial score (nSPS) is 20.1. The summed E-state index contributed by atoms with van der Waals surface area (Å²) < 4.78 is 9.15. The largest absolute Gasteiger partial charge is 0.453 e. The van der Waals surface area contributed by atoms with Gasteiger partial charge in [0.2, 0.25) is 0 Å². The van der Waals surface area contributed by atoms with E-state index in [1.165, 1.54) is 48.5 Å². The molecule has 1 aliphatic heterocycles. The number of hydrogen-bond donors (Lipinski definition) is 0. The maximum absolute atomic E-state index is 6.57. The Morgan fingerprint density at radius 3 is 2.50 bits per heavy atom. The molecule has 1 heterocycles. The molecule has 0 aromatic heterocycles. The highest BCUT2D eigenvalue weighted by Gasteiger charge is 2.35. The van der Waals surface area contributed by atoms with Crippen LogP contribution >= 0.6 is 8.30 Å². The number of benzene rings is 2. The molecule has 1 unspecified atom stereocenters. The van der Waals surface area contributed by atoms with Crippen molar-refractivity contribution in [1.82, 2.24) is 4.67 Å². The van der Waals surface area contributed by atoms with Gasteiger partial charge in [0.1, 0.15) is 5.75 Å². The summed E-state index contributed by atoms with van der Waals surface area (Å²) in [7, 11) is -0.804. The molecule has 0 spiro atoms. The van der Waals surface area contributed by atoms with Crippen molar-refractivity contribution in [2.45, 2.75) is 38.1 Å². The van der Waals surface area contributed by atoms with Crippen molar-refractivity contribution in [1.29, 1.82) is 0 Å². The average molecular weight is 337 g/mol. The smallest absolute Gasteiger partial charge is 0.198 e. The van der Waals surface area contributed by atoms with Crippen LogP contribution in [0.2, 0.25) is 0 Å². The minimum atomic E-state index is -0.804. The van der Waals surface area contributed by atoms with Gasteiger partial charge in [-0.15, -0.1) is 6.58 Å². The van der Waals surface area contributed by atoms with Gasteiger partial charge in [-0.2, -0.15) is 0 Å². The van der Waals surface area contributed by atoms with Gasteiger partial charge in [0.15, 0.2) is 8.30 Å². The van der Waals surface area contributed by atoms with Crippen LogP contribution in [0.25, 0.3) is 11.1 Å². The lowest BCUT2D eigenvalue weighted by molar-refractivity contribution is 0.269. The van der Waals surface area contributed by atoms with E-state index in [-0.39, 0.29) is 0 Å². The molecule has 0 amide bonds. The molecule has 2 aliphatic rings. The second-order valence-corrected chi connectivity index (χ2v) is 8.30. The molecule has 124 valence electrons. The first-order chi connectivity index (χ1) is 11.9. The van der Waals surface area contributed by atoms with Gasteiger partial charge >= 0.3 is 0 Å². The zero-order valence-electron chi connectivity index (χ0n) is 14.0. The second-order valence-electron chi connectivity index (χ2n) is 6.58.